The maximum Gasteiger partial charge on any atom is 0.135 e. The normalized spacial score (nSPS) is 12.1. The molecule has 10 aromatic rings. The third-order valence-corrected chi connectivity index (χ3v) is 10.8. The first-order valence-corrected chi connectivity index (χ1v) is 17.6. The third-order valence-electron chi connectivity index (χ3n) is 10.8. The van der Waals surface area contributed by atoms with Gasteiger partial charge in [0.1, 0.15) is 11.5 Å². The second kappa shape index (κ2) is 10.9. The molecule has 11 rings (SSSR count). The Labute approximate surface area is 295 Å². The van der Waals surface area contributed by atoms with Gasteiger partial charge in [0, 0.05) is 10.9 Å². The molecule has 0 aromatic heterocycles. The number of hydrogen-bond acceptors (Lipinski definition) is 1. The maximum atomic E-state index is 6.48. The lowest BCUT2D eigenvalue weighted by Gasteiger charge is -2.23. The Kier molecular flexibility index (Phi) is 6.02. The van der Waals surface area contributed by atoms with E-state index >= 15 is 0 Å². The summed E-state index contributed by atoms with van der Waals surface area (Å²) >= 11 is 0. The summed E-state index contributed by atoms with van der Waals surface area (Å²) in [6.45, 7) is 0. The van der Waals surface area contributed by atoms with Crippen LogP contribution in [0.1, 0.15) is 0 Å². The zero-order valence-electron chi connectivity index (χ0n) is 27.7. The van der Waals surface area contributed by atoms with Crippen molar-refractivity contribution in [2.45, 2.75) is 0 Å². The predicted octanol–water partition coefficient (Wildman–Crippen LogP) is 14.2. The molecule has 0 amide bonds. The minimum Gasteiger partial charge on any atom is -0.456 e. The lowest BCUT2D eigenvalue weighted by molar-refractivity contribution is 0.487. The Morgan fingerprint density at radius 3 is 1.57 bits per heavy atom. The van der Waals surface area contributed by atoms with Gasteiger partial charge in [0.2, 0.25) is 0 Å². The van der Waals surface area contributed by atoms with Crippen molar-refractivity contribution in [1.82, 2.24) is 0 Å². The number of benzene rings is 10. The number of ether oxygens (including phenoxy) is 1. The Balaban J connectivity index is 1.23. The van der Waals surface area contributed by atoms with Gasteiger partial charge in [0.05, 0.1) is 0 Å². The zero-order valence-corrected chi connectivity index (χ0v) is 27.7. The Morgan fingerprint density at radius 2 is 0.784 bits per heavy atom. The predicted molar refractivity (Wildman–Crippen MR) is 216 cm³/mol. The fourth-order valence-electron chi connectivity index (χ4n) is 8.57. The molecule has 1 aliphatic heterocycles. The largest absolute Gasteiger partial charge is 0.456 e. The molecule has 1 aliphatic rings. The van der Waals surface area contributed by atoms with Gasteiger partial charge in [-0.25, -0.2) is 0 Å². The SMILES string of the molecule is c1ccc(-c2cc(-c3ccc4c5c(cccc35)-c3ccccc3O4)cc(-c3cc4c5ccccc5c5ccccc5c4c4ccccc34)c2)cc1. The quantitative estimate of drug-likeness (QED) is 0.174. The summed E-state index contributed by atoms with van der Waals surface area (Å²) in [5, 5.41) is 12.6. The van der Waals surface area contributed by atoms with Gasteiger partial charge in [-0.1, -0.05) is 146 Å². The zero-order chi connectivity index (χ0) is 33.5. The highest BCUT2D eigenvalue weighted by Crippen LogP contribution is 2.50. The lowest BCUT2D eigenvalue weighted by Crippen LogP contribution is -1.97. The molecule has 0 bridgehead atoms. The molecule has 0 fully saturated rings. The fourth-order valence-corrected chi connectivity index (χ4v) is 8.57. The average Bonchev–Trinajstić information content (AvgIpc) is 3.21. The molecule has 51 heavy (non-hydrogen) atoms. The van der Waals surface area contributed by atoms with Gasteiger partial charge in [-0.05, 0) is 124 Å². The van der Waals surface area contributed by atoms with Gasteiger partial charge in [0.15, 0.2) is 0 Å². The van der Waals surface area contributed by atoms with Crippen LogP contribution >= 0.6 is 0 Å². The van der Waals surface area contributed by atoms with Gasteiger partial charge in [-0.3, -0.25) is 0 Å². The van der Waals surface area contributed by atoms with E-state index in [-0.39, 0.29) is 0 Å². The highest BCUT2D eigenvalue weighted by Gasteiger charge is 2.22. The van der Waals surface area contributed by atoms with Crippen molar-refractivity contribution in [2.24, 2.45) is 0 Å². The molecular weight excluding hydrogens is 617 g/mol. The lowest BCUT2D eigenvalue weighted by atomic mass is 9.85. The smallest absolute Gasteiger partial charge is 0.135 e. The third kappa shape index (κ3) is 4.22. The van der Waals surface area contributed by atoms with Gasteiger partial charge in [-0.2, -0.15) is 0 Å². The molecule has 0 N–H and O–H groups in total. The Morgan fingerprint density at radius 1 is 0.235 bits per heavy atom. The first kappa shape index (κ1) is 28.2. The minimum atomic E-state index is 0.905. The molecule has 1 heteroatoms. The van der Waals surface area contributed by atoms with Crippen LogP contribution in [0.3, 0.4) is 0 Å². The number of hydrogen-bond donors (Lipinski definition) is 0. The van der Waals surface area contributed by atoms with E-state index in [4.69, 9.17) is 4.74 Å². The molecule has 10 aromatic carbocycles. The van der Waals surface area contributed by atoms with Gasteiger partial charge in [0.25, 0.3) is 0 Å². The highest BCUT2D eigenvalue weighted by atomic mass is 16.5. The monoisotopic (exact) mass is 646 g/mol. The van der Waals surface area contributed by atoms with Crippen LogP contribution in [0.25, 0.3) is 98.4 Å². The average molecular weight is 647 g/mol. The van der Waals surface area contributed by atoms with Gasteiger partial charge < -0.3 is 4.74 Å². The molecule has 0 radical (unpaired) electrons. The van der Waals surface area contributed by atoms with Crippen molar-refractivity contribution in [3.8, 4) is 56.0 Å². The summed E-state index contributed by atoms with van der Waals surface area (Å²) in [4.78, 5) is 0. The second-order valence-electron chi connectivity index (χ2n) is 13.6. The Bertz CT molecular complexity index is 3040. The summed E-state index contributed by atoms with van der Waals surface area (Å²) in [5.74, 6) is 1.81. The minimum absolute atomic E-state index is 0.905. The Hall–Kier alpha value is -6.70. The summed E-state index contributed by atoms with van der Waals surface area (Å²) in [5.41, 5.74) is 9.54. The summed E-state index contributed by atoms with van der Waals surface area (Å²) in [7, 11) is 0. The van der Waals surface area contributed by atoms with Crippen molar-refractivity contribution in [1.29, 1.82) is 0 Å². The number of rotatable bonds is 3. The molecule has 1 nitrogen and oxygen atoms in total. The van der Waals surface area contributed by atoms with Crippen LogP contribution < -0.4 is 4.74 Å². The summed E-state index contributed by atoms with van der Waals surface area (Å²) < 4.78 is 6.48. The molecule has 0 unspecified atom stereocenters. The van der Waals surface area contributed by atoms with E-state index in [1.54, 1.807) is 0 Å². The maximum absolute atomic E-state index is 6.48. The molecule has 0 atom stereocenters. The van der Waals surface area contributed by atoms with E-state index in [0.29, 0.717) is 0 Å². The molecule has 1 heterocycles. The molecular formula is C50H30O. The van der Waals surface area contributed by atoms with Crippen LogP contribution in [0.4, 0.5) is 0 Å². The highest BCUT2D eigenvalue weighted by molar-refractivity contribution is 6.33. The number of para-hydroxylation sites is 1. The van der Waals surface area contributed by atoms with E-state index in [1.807, 2.05) is 6.07 Å². The van der Waals surface area contributed by atoms with Crippen LogP contribution in [0.5, 0.6) is 11.5 Å². The molecule has 236 valence electrons. The number of fused-ring (bicyclic) bond motifs is 10. The molecule has 0 aliphatic carbocycles. The van der Waals surface area contributed by atoms with Crippen LogP contribution in [0.15, 0.2) is 182 Å². The molecule has 0 spiro atoms. The van der Waals surface area contributed by atoms with Crippen molar-refractivity contribution < 1.29 is 4.74 Å². The fraction of sp³-hybridized carbons (Fsp3) is 0. The van der Waals surface area contributed by atoms with E-state index in [9.17, 15) is 0 Å². The summed E-state index contributed by atoms with van der Waals surface area (Å²) in [6.07, 6.45) is 0. The van der Waals surface area contributed by atoms with Crippen LogP contribution in [0, 0.1) is 0 Å². The van der Waals surface area contributed by atoms with Crippen molar-refractivity contribution in [3.05, 3.63) is 182 Å². The van der Waals surface area contributed by atoms with Crippen LogP contribution in [-0.4, -0.2) is 0 Å². The standard InChI is InChI=1S/C50H30O/c1-2-13-31(14-3-1)32-27-33(35-25-26-48-50-41(35)22-12-23-44(50)40-19-10-11-24-47(40)51-48)29-34(28-32)45-30-46-38-17-5-4-15-36(38)37-16-6-8-20-42(37)49(46)43-21-9-7-18-39(43)45/h1-30H. The van der Waals surface area contributed by atoms with Crippen LogP contribution in [-0.2, 0) is 0 Å². The van der Waals surface area contributed by atoms with Crippen molar-refractivity contribution >= 4 is 53.9 Å². The molecule has 0 saturated heterocycles. The van der Waals surface area contributed by atoms with E-state index in [1.165, 1.54) is 87.4 Å². The first-order chi connectivity index (χ1) is 25.3. The topological polar surface area (TPSA) is 9.23 Å². The molecule has 0 saturated carbocycles. The van der Waals surface area contributed by atoms with E-state index in [2.05, 4.69) is 176 Å². The van der Waals surface area contributed by atoms with Gasteiger partial charge in [-0.15, -0.1) is 0 Å². The van der Waals surface area contributed by atoms with E-state index in [0.717, 1.165) is 22.4 Å². The summed E-state index contributed by atoms with van der Waals surface area (Å²) in [6, 6.07) is 66.4. The van der Waals surface area contributed by atoms with Crippen molar-refractivity contribution in [2.75, 3.05) is 0 Å². The van der Waals surface area contributed by atoms with Gasteiger partial charge >= 0.3 is 0 Å². The van der Waals surface area contributed by atoms with E-state index < -0.39 is 0 Å². The second-order valence-corrected chi connectivity index (χ2v) is 13.6. The van der Waals surface area contributed by atoms with Crippen molar-refractivity contribution in [3.63, 3.8) is 0 Å². The van der Waals surface area contributed by atoms with Crippen LogP contribution in [0.2, 0.25) is 0 Å². The first-order valence-electron chi connectivity index (χ1n) is 17.6.